The summed E-state index contributed by atoms with van der Waals surface area (Å²) in [5.41, 5.74) is 8.12. The third kappa shape index (κ3) is 1.83. The highest BCUT2D eigenvalue weighted by Gasteiger charge is 2.43. The van der Waals surface area contributed by atoms with Crippen molar-refractivity contribution in [1.82, 2.24) is 5.32 Å². The van der Waals surface area contributed by atoms with Crippen LogP contribution in [0.4, 0.5) is 0 Å². The number of carbonyl (C=O) groups excluding carboxylic acids is 1. The van der Waals surface area contributed by atoms with E-state index < -0.39 is 0 Å². The zero-order chi connectivity index (χ0) is 12.8. The second-order valence-corrected chi connectivity index (χ2v) is 5.84. The molecule has 3 rings (SSSR count). The fourth-order valence-corrected chi connectivity index (χ4v) is 2.90. The van der Waals surface area contributed by atoms with Gasteiger partial charge in [-0.1, -0.05) is 24.3 Å². The van der Waals surface area contributed by atoms with Gasteiger partial charge in [-0.05, 0) is 43.2 Å². The molecular weight excluding hydrogens is 224 g/mol. The molecule has 1 aromatic rings. The number of nitrogens with two attached hydrogens (primary N) is 1. The van der Waals surface area contributed by atoms with E-state index in [1.807, 2.05) is 12.1 Å². The Hall–Kier alpha value is -1.35. The number of amides is 1. The van der Waals surface area contributed by atoms with E-state index in [1.165, 1.54) is 24.0 Å². The van der Waals surface area contributed by atoms with Crippen molar-refractivity contribution >= 4 is 5.91 Å². The number of nitrogens with one attached hydrogen (secondary N) is 1. The van der Waals surface area contributed by atoms with Gasteiger partial charge in [0.2, 0.25) is 5.91 Å². The van der Waals surface area contributed by atoms with Crippen LogP contribution in [0.5, 0.6) is 0 Å². The first kappa shape index (κ1) is 11.7. The van der Waals surface area contributed by atoms with Crippen molar-refractivity contribution in [2.75, 3.05) is 6.54 Å². The first-order valence-electron chi connectivity index (χ1n) is 6.74. The predicted octanol–water partition coefficient (Wildman–Crippen LogP) is 1.57. The van der Waals surface area contributed by atoms with E-state index in [4.69, 9.17) is 5.73 Å². The lowest BCUT2D eigenvalue weighted by molar-refractivity contribution is -0.125. The molecule has 1 fully saturated rings. The lowest BCUT2D eigenvalue weighted by atomic mass is 9.76. The number of benzene rings is 1. The average Bonchev–Trinajstić information content (AvgIpc) is 3.15. The fourth-order valence-electron chi connectivity index (χ4n) is 2.90. The highest BCUT2D eigenvalue weighted by Crippen LogP contribution is 2.40. The van der Waals surface area contributed by atoms with Gasteiger partial charge >= 0.3 is 0 Å². The third-order valence-electron chi connectivity index (χ3n) is 4.48. The fraction of sp³-hybridized carbons (Fsp3) is 0.533. The summed E-state index contributed by atoms with van der Waals surface area (Å²) in [4.78, 5) is 12.3. The molecule has 18 heavy (non-hydrogen) atoms. The molecule has 0 bridgehead atoms. The van der Waals surface area contributed by atoms with Crippen LogP contribution >= 0.6 is 0 Å². The maximum absolute atomic E-state index is 12.3. The summed E-state index contributed by atoms with van der Waals surface area (Å²) in [6, 6.07) is 8.19. The van der Waals surface area contributed by atoms with Gasteiger partial charge in [-0.3, -0.25) is 4.79 Å². The predicted molar refractivity (Wildman–Crippen MR) is 71.2 cm³/mol. The van der Waals surface area contributed by atoms with Crippen LogP contribution < -0.4 is 11.1 Å². The van der Waals surface area contributed by atoms with Crippen molar-refractivity contribution < 1.29 is 4.79 Å². The summed E-state index contributed by atoms with van der Waals surface area (Å²) in [6.07, 6.45) is 3.25. The molecule has 2 unspecified atom stereocenters. The largest absolute Gasteiger partial charge is 0.349 e. The monoisotopic (exact) mass is 244 g/mol. The minimum absolute atomic E-state index is 0.0332. The van der Waals surface area contributed by atoms with Gasteiger partial charge in [0.15, 0.2) is 0 Å². The van der Waals surface area contributed by atoms with E-state index >= 15 is 0 Å². The lowest BCUT2D eigenvalue weighted by Gasteiger charge is -2.35. The molecule has 3 heteroatoms. The van der Waals surface area contributed by atoms with Crippen molar-refractivity contribution in [2.24, 2.45) is 11.7 Å². The van der Waals surface area contributed by atoms with Gasteiger partial charge in [0.05, 0.1) is 11.5 Å². The molecule has 2 aliphatic rings. The number of carbonyl (C=O) groups is 1. The molecule has 1 amide bonds. The first-order valence-corrected chi connectivity index (χ1v) is 6.74. The van der Waals surface area contributed by atoms with Crippen LogP contribution in [-0.2, 0) is 11.2 Å². The molecule has 0 saturated heterocycles. The molecule has 0 aliphatic heterocycles. The van der Waals surface area contributed by atoms with Crippen molar-refractivity contribution in [3.05, 3.63) is 35.4 Å². The Morgan fingerprint density at radius 2 is 2.17 bits per heavy atom. The summed E-state index contributed by atoms with van der Waals surface area (Å²) in [7, 11) is 0. The molecule has 2 aliphatic carbocycles. The van der Waals surface area contributed by atoms with Gasteiger partial charge in [-0.25, -0.2) is 0 Å². The van der Waals surface area contributed by atoms with Crippen LogP contribution in [0.25, 0.3) is 0 Å². The highest BCUT2D eigenvalue weighted by molar-refractivity contribution is 5.87. The molecule has 1 aromatic carbocycles. The second-order valence-electron chi connectivity index (χ2n) is 5.84. The molecule has 1 saturated carbocycles. The smallest absolute Gasteiger partial charge is 0.228 e. The van der Waals surface area contributed by atoms with Crippen molar-refractivity contribution in [3.63, 3.8) is 0 Å². The Morgan fingerprint density at radius 3 is 2.78 bits per heavy atom. The second kappa shape index (κ2) is 4.09. The Labute approximate surface area is 108 Å². The average molecular weight is 244 g/mol. The molecule has 3 N–H and O–H groups in total. The van der Waals surface area contributed by atoms with Gasteiger partial charge in [0, 0.05) is 6.54 Å². The Bertz CT molecular complexity index is 481. The summed E-state index contributed by atoms with van der Waals surface area (Å²) in [5, 5.41) is 3.18. The number of hydrogen-bond acceptors (Lipinski definition) is 2. The summed E-state index contributed by atoms with van der Waals surface area (Å²) in [5.74, 6) is 0.751. The molecule has 2 atom stereocenters. The SMILES string of the molecule is CC(CN)(NC(=O)C1Cc2ccccc21)C1CC1. The molecule has 0 spiro atoms. The van der Waals surface area contributed by atoms with Crippen LogP contribution in [0.3, 0.4) is 0 Å². The van der Waals surface area contributed by atoms with E-state index in [1.54, 1.807) is 0 Å². The van der Waals surface area contributed by atoms with Crippen LogP contribution in [0.2, 0.25) is 0 Å². The third-order valence-corrected chi connectivity index (χ3v) is 4.48. The number of fused-ring (bicyclic) bond motifs is 1. The van der Waals surface area contributed by atoms with Gasteiger partial charge in [-0.2, -0.15) is 0 Å². The lowest BCUT2D eigenvalue weighted by Crippen LogP contribution is -2.55. The Morgan fingerprint density at radius 1 is 1.44 bits per heavy atom. The first-order chi connectivity index (χ1) is 8.64. The standard InChI is InChI=1S/C15H20N2O/c1-15(9-16,11-6-7-11)17-14(18)13-8-10-4-2-3-5-12(10)13/h2-5,11,13H,6-9,16H2,1H3,(H,17,18). The minimum atomic E-state index is -0.207. The van der Waals surface area contributed by atoms with E-state index in [0.717, 1.165) is 6.42 Å². The molecular formula is C15H20N2O. The molecule has 0 aromatic heterocycles. The maximum Gasteiger partial charge on any atom is 0.228 e. The van der Waals surface area contributed by atoms with E-state index in [0.29, 0.717) is 12.5 Å². The van der Waals surface area contributed by atoms with E-state index in [-0.39, 0.29) is 17.4 Å². The Balaban J connectivity index is 1.70. The van der Waals surface area contributed by atoms with Crippen LogP contribution in [-0.4, -0.2) is 18.0 Å². The molecule has 0 heterocycles. The normalized spacial score (nSPS) is 24.7. The van der Waals surface area contributed by atoms with Crippen molar-refractivity contribution in [2.45, 2.75) is 37.6 Å². The van der Waals surface area contributed by atoms with E-state index in [9.17, 15) is 4.79 Å². The van der Waals surface area contributed by atoms with Crippen LogP contribution in [0, 0.1) is 5.92 Å². The van der Waals surface area contributed by atoms with Crippen molar-refractivity contribution in [3.8, 4) is 0 Å². The van der Waals surface area contributed by atoms with Gasteiger partial charge < -0.3 is 11.1 Å². The van der Waals surface area contributed by atoms with Crippen LogP contribution in [0.1, 0.15) is 36.8 Å². The summed E-state index contributed by atoms with van der Waals surface area (Å²) >= 11 is 0. The number of rotatable bonds is 4. The molecule has 0 radical (unpaired) electrons. The zero-order valence-electron chi connectivity index (χ0n) is 10.8. The van der Waals surface area contributed by atoms with Gasteiger partial charge in [0.1, 0.15) is 0 Å². The molecule has 3 nitrogen and oxygen atoms in total. The van der Waals surface area contributed by atoms with Crippen molar-refractivity contribution in [1.29, 1.82) is 0 Å². The topological polar surface area (TPSA) is 55.1 Å². The quantitative estimate of drug-likeness (QED) is 0.844. The van der Waals surface area contributed by atoms with Gasteiger partial charge in [0.25, 0.3) is 0 Å². The van der Waals surface area contributed by atoms with Gasteiger partial charge in [-0.15, -0.1) is 0 Å². The highest BCUT2D eigenvalue weighted by atomic mass is 16.2. The minimum Gasteiger partial charge on any atom is -0.349 e. The summed E-state index contributed by atoms with van der Waals surface area (Å²) in [6.45, 7) is 2.60. The van der Waals surface area contributed by atoms with E-state index in [2.05, 4.69) is 24.4 Å². The molecule has 96 valence electrons. The zero-order valence-corrected chi connectivity index (χ0v) is 10.8. The summed E-state index contributed by atoms with van der Waals surface area (Å²) < 4.78 is 0. The maximum atomic E-state index is 12.3. The number of hydrogen-bond donors (Lipinski definition) is 2. The Kier molecular flexibility index (Phi) is 2.67. The van der Waals surface area contributed by atoms with Crippen LogP contribution in [0.15, 0.2) is 24.3 Å².